The third-order valence-electron chi connectivity index (χ3n) is 7.46. The van der Waals surface area contributed by atoms with E-state index in [-0.39, 0.29) is 11.4 Å². The molecule has 6 rings (SSSR count). The van der Waals surface area contributed by atoms with Gasteiger partial charge in [0.1, 0.15) is 11.6 Å². The number of urea groups is 1. The van der Waals surface area contributed by atoms with Crippen LogP contribution in [0, 0.1) is 0 Å². The van der Waals surface area contributed by atoms with Gasteiger partial charge in [-0.3, -0.25) is 5.32 Å². The molecular weight excluding hydrogens is 542 g/mol. The maximum Gasteiger partial charge on any atom is 0.324 e. The summed E-state index contributed by atoms with van der Waals surface area (Å²) in [5.74, 6) is 1.98. The van der Waals surface area contributed by atoms with E-state index < -0.39 is 0 Å². The van der Waals surface area contributed by atoms with Crippen LogP contribution in [0.3, 0.4) is 0 Å². The third-order valence-corrected chi connectivity index (χ3v) is 7.46. The largest absolute Gasteiger partial charge is 0.481 e. The predicted octanol–water partition coefficient (Wildman–Crippen LogP) is 6.27. The molecule has 0 saturated carbocycles. The molecule has 4 heterocycles. The third kappa shape index (κ3) is 6.00. The molecular formula is C33H35N7O3. The Morgan fingerprint density at radius 1 is 0.907 bits per heavy atom. The highest BCUT2D eigenvalue weighted by atomic mass is 16.5. The molecule has 10 nitrogen and oxygen atoms in total. The SMILES string of the molecule is COc1ccc(-n2nc(C(C)(C)C)cc2NC(=O)Nc2ccc(-c3ccc(N4CCOCC4)nc3)c3ccccc23)cn1. The number of pyridine rings is 2. The van der Waals surface area contributed by atoms with Gasteiger partial charge >= 0.3 is 6.03 Å². The van der Waals surface area contributed by atoms with E-state index in [2.05, 4.69) is 59.5 Å². The van der Waals surface area contributed by atoms with Crippen LogP contribution in [0.1, 0.15) is 26.5 Å². The number of carbonyl (C=O) groups is 1. The van der Waals surface area contributed by atoms with Crippen LogP contribution in [0.4, 0.5) is 22.1 Å². The van der Waals surface area contributed by atoms with E-state index in [1.807, 2.05) is 48.7 Å². The van der Waals surface area contributed by atoms with E-state index in [1.54, 1.807) is 24.1 Å². The van der Waals surface area contributed by atoms with Crippen LogP contribution in [0.2, 0.25) is 0 Å². The standard InChI is InChI=1S/C33H35N7O3/c1-33(2,3)28-19-30(40(38-28)23-10-14-31(42-4)35-21-23)37-32(41)36-27-12-11-24(25-7-5-6-8-26(25)27)22-9-13-29(34-20-22)39-15-17-43-18-16-39/h5-14,19-21H,15-18H2,1-4H3,(H2,36,37,41). The van der Waals surface area contributed by atoms with Crippen LogP contribution >= 0.6 is 0 Å². The smallest absolute Gasteiger partial charge is 0.324 e. The number of methoxy groups -OCH3 is 1. The zero-order valence-electron chi connectivity index (χ0n) is 24.8. The van der Waals surface area contributed by atoms with Crippen LogP contribution < -0.4 is 20.3 Å². The number of fused-ring (bicyclic) bond motifs is 1. The highest BCUT2D eigenvalue weighted by molar-refractivity contribution is 6.09. The van der Waals surface area contributed by atoms with Crippen molar-refractivity contribution in [1.82, 2.24) is 19.7 Å². The molecule has 0 radical (unpaired) electrons. The molecule has 10 heteroatoms. The van der Waals surface area contributed by atoms with Gasteiger partial charge in [-0.2, -0.15) is 5.10 Å². The topological polar surface area (TPSA) is 106 Å². The van der Waals surface area contributed by atoms with E-state index in [0.717, 1.165) is 59.7 Å². The average Bonchev–Trinajstić information content (AvgIpc) is 3.46. The number of carbonyl (C=O) groups excluding carboxylic acids is 1. The summed E-state index contributed by atoms with van der Waals surface area (Å²) >= 11 is 0. The fourth-order valence-electron chi connectivity index (χ4n) is 5.11. The summed E-state index contributed by atoms with van der Waals surface area (Å²) in [6, 6.07) is 21.3. The van der Waals surface area contributed by atoms with Gasteiger partial charge in [0.25, 0.3) is 0 Å². The first-order valence-corrected chi connectivity index (χ1v) is 14.3. The average molecular weight is 578 g/mol. The van der Waals surface area contributed by atoms with E-state index in [9.17, 15) is 4.79 Å². The number of hydrogen-bond donors (Lipinski definition) is 2. The minimum absolute atomic E-state index is 0.223. The molecule has 220 valence electrons. The lowest BCUT2D eigenvalue weighted by atomic mass is 9.92. The second-order valence-corrected chi connectivity index (χ2v) is 11.4. The van der Waals surface area contributed by atoms with Crippen LogP contribution in [0.15, 0.2) is 79.1 Å². The maximum absolute atomic E-state index is 13.4. The normalized spacial score (nSPS) is 13.6. The molecule has 1 aliphatic rings. The number of nitrogens with one attached hydrogen (secondary N) is 2. The molecule has 0 bridgehead atoms. The maximum atomic E-state index is 13.4. The van der Waals surface area contributed by atoms with Gasteiger partial charge in [0.15, 0.2) is 0 Å². The molecule has 3 aromatic heterocycles. The molecule has 43 heavy (non-hydrogen) atoms. The molecule has 0 spiro atoms. The molecule has 0 atom stereocenters. The summed E-state index contributed by atoms with van der Waals surface area (Å²) < 4.78 is 12.3. The summed E-state index contributed by atoms with van der Waals surface area (Å²) in [6.07, 6.45) is 3.57. The van der Waals surface area contributed by atoms with E-state index in [0.29, 0.717) is 23.1 Å². The van der Waals surface area contributed by atoms with Gasteiger partial charge in [-0.05, 0) is 35.2 Å². The molecule has 1 saturated heterocycles. The highest BCUT2D eigenvalue weighted by Gasteiger charge is 2.22. The Bertz CT molecular complexity index is 1740. The summed E-state index contributed by atoms with van der Waals surface area (Å²) in [5, 5.41) is 12.8. The fourth-order valence-corrected chi connectivity index (χ4v) is 5.11. The first kappa shape index (κ1) is 28.2. The Labute approximate surface area is 250 Å². The molecule has 1 fully saturated rings. The van der Waals surface area contributed by atoms with Crippen molar-refractivity contribution < 1.29 is 14.3 Å². The van der Waals surface area contributed by atoms with E-state index in [1.165, 1.54) is 0 Å². The first-order valence-electron chi connectivity index (χ1n) is 14.3. The predicted molar refractivity (Wildman–Crippen MR) is 169 cm³/mol. The number of hydrogen-bond acceptors (Lipinski definition) is 7. The molecule has 1 aliphatic heterocycles. The van der Waals surface area contributed by atoms with Crippen molar-refractivity contribution in [2.45, 2.75) is 26.2 Å². The zero-order valence-corrected chi connectivity index (χ0v) is 24.8. The Morgan fingerprint density at radius 2 is 1.70 bits per heavy atom. The van der Waals surface area contributed by atoms with Crippen LogP contribution in [0.25, 0.3) is 27.6 Å². The molecule has 0 unspecified atom stereocenters. The molecule has 2 amide bonds. The second kappa shape index (κ2) is 11.7. The van der Waals surface area contributed by atoms with E-state index in [4.69, 9.17) is 19.6 Å². The number of ether oxygens (including phenoxy) is 2. The summed E-state index contributed by atoms with van der Waals surface area (Å²) in [5.41, 5.74) is 4.07. The quantitative estimate of drug-likeness (QED) is 0.245. The van der Waals surface area contributed by atoms with Crippen molar-refractivity contribution in [2.75, 3.05) is 48.9 Å². The lowest BCUT2D eigenvalue weighted by Crippen LogP contribution is -2.36. The van der Waals surface area contributed by atoms with Crippen molar-refractivity contribution >= 4 is 34.1 Å². The summed E-state index contributed by atoms with van der Waals surface area (Å²) in [6.45, 7) is 9.35. The lowest BCUT2D eigenvalue weighted by Gasteiger charge is -2.27. The highest BCUT2D eigenvalue weighted by Crippen LogP contribution is 2.34. The number of benzene rings is 2. The first-order chi connectivity index (χ1) is 20.8. The van der Waals surface area contributed by atoms with Crippen molar-refractivity contribution in [3.05, 3.63) is 84.8 Å². The van der Waals surface area contributed by atoms with Crippen LogP contribution in [-0.2, 0) is 10.2 Å². The molecule has 2 N–H and O–H groups in total. The van der Waals surface area contributed by atoms with Crippen LogP contribution in [0.5, 0.6) is 5.88 Å². The number of anilines is 3. The zero-order chi connectivity index (χ0) is 30.0. The van der Waals surface area contributed by atoms with Gasteiger partial charge < -0.3 is 19.7 Å². The number of nitrogens with zero attached hydrogens (tertiary/aromatic N) is 5. The monoisotopic (exact) mass is 577 g/mol. The molecule has 5 aromatic rings. The van der Waals surface area contributed by atoms with Gasteiger partial charge in [-0.1, -0.05) is 51.1 Å². The Morgan fingerprint density at radius 3 is 2.37 bits per heavy atom. The number of rotatable bonds is 6. The Balaban J connectivity index is 1.26. The van der Waals surface area contributed by atoms with Gasteiger partial charge in [0, 0.05) is 47.8 Å². The molecule has 0 aliphatic carbocycles. The number of amides is 2. The number of aromatic nitrogens is 4. The van der Waals surface area contributed by atoms with Gasteiger partial charge in [-0.25, -0.2) is 19.4 Å². The Hall–Kier alpha value is -4.96. The van der Waals surface area contributed by atoms with Gasteiger partial charge in [0.2, 0.25) is 5.88 Å². The lowest BCUT2D eigenvalue weighted by molar-refractivity contribution is 0.122. The van der Waals surface area contributed by atoms with Gasteiger partial charge in [-0.15, -0.1) is 0 Å². The summed E-state index contributed by atoms with van der Waals surface area (Å²) in [4.78, 5) is 24.7. The summed E-state index contributed by atoms with van der Waals surface area (Å²) in [7, 11) is 1.57. The van der Waals surface area contributed by atoms with Crippen molar-refractivity contribution in [1.29, 1.82) is 0 Å². The van der Waals surface area contributed by atoms with Crippen molar-refractivity contribution in [3.8, 4) is 22.7 Å². The molecule has 2 aromatic carbocycles. The van der Waals surface area contributed by atoms with Gasteiger partial charge in [0.05, 0.1) is 43.6 Å². The number of morpholine rings is 1. The van der Waals surface area contributed by atoms with Crippen LogP contribution in [-0.4, -0.2) is 59.2 Å². The second-order valence-electron chi connectivity index (χ2n) is 11.4. The van der Waals surface area contributed by atoms with E-state index >= 15 is 0 Å². The Kier molecular flexibility index (Phi) is 7.69. The fraction of sp³-hybridized carbons (Fsp3) is 0.273. The minimum Gasteiger partial charge on any atom is -0.481 e. The van der Waals surface area contributed by atoms with Crippen molar-refractivity contribution in [2.24, 2.45) is 0 Å². The minimum atomic E-state index is -0.377. The van der Waals surface area contributed by atoms with Crippen molar-refractivity contribution in [3.63, 3.8) is 0 Å².